The minimum atomic E-state index is 0.276. The zero-order valence-electron chi connectivity index (χ0n) is 11.5. The highest BCUT2D eigenvalue weighted by Crippen LogP contribution is 2.40. The number of halogens is 2. The molecule has 0 atom stereocenters. The Balaban J connectivity index is 2.29. The molecule has 112 valence electrons. The number of anilines is 1. The number of rotatable bonds is 3. The zero-order chi connectivity index (χ0) is 16.1. The fraction of sp³-hybridized carbons (Fsp3) is 0.0667. The Kier molecular flexibility index (Phi) is 5.92. The Hall–Kier alpha value is -1.45. The molecular formula is C15H11Cl2N3S2. The first-order chi connectivity index (χ1) is 10.5. The van der Waals surface area contributed by atoms with Crippen molar-refractivity contribution in [3.63, 3.8) is 0 Å². The van der Waals surface area contributed by atoms with Crippen molar-refractivity contribution in [1.82, 2.24) is 5.32 Å². The molecule has 7 heteroatoms. The number of nitriles is 1. The lowest BCUT2D eigenvalue weighted by Gasteiger charge is -2.20. The van der Waals surface area contributed by atoms with Gasteiger partial charge in [-0.25, -0.2) is 0 Å². The predicted molar refractivity (Wildman–Crippen MR) is 96.8 cm³/mol. The fourth-order valence-corrected chi connectivity index (χ4v) is 3.39. The van der Waals surface area contributed by atoms with E-state index in [1.54, 1.807) is 30.3 Å². The molecule has 2 rings (SSSR count). The summed E-state index contributed by atoms with van der Waals surface area (Å²) < 4.78 is 0. The summed E-state index contributed by atoms with van der Waals surface area (Å²) >= 11 is 19.3. The molecule has 0 radical (unpaired) electrons. The van der Waals surface area contributed by atoms with E-state index in [9.17, 15) is 0 Å². The first-order valence-corrected chi connectivity index (χ1v) is 8.15. The summed E-state index contributed by atoms with van der Waals surface area (Å²) in [6.45, 7) is 0. The molecule has 0 heterocycles. The van der Waals surface area contributed by atoms with Gasteiger partial charge >= 0.3 is 0 Å². The van der Waals surface area contributed by atoms with E-state index in [-0.39, 0.29) is 5.11 Å². The van der Waals surface area contributed by atoms with Crippen LogP contribution in [0, 0.1) is 11.5 Å². The molecule has 0 saturated carbocycles. The van der Waals surface area contributed by atoms with E-state index >= 15 is 0 Å². The molecule has 0 aliphatic heterocycles. The van der Waals surface area contributed by atoms with Gasteiger partial charge in [-0.2, -0.15) is 5.26 Å². The summed E-state index contributed by atoms with van der Waals surface area (Å²) in [6, 6.07) is 13.4. The van der Waals surface area contributed by atoms with Crippen LogP contribution in [0.15, 0.2) is 52.3 Å². The van der Waals surface area contributed by atoms with Crippen molar-refractivity contribution in [1.29, 1.82) is 5.26 Å². The maximum Gasteiger partial charge on any atom is 0.186 e. The van der Waals surface area contributed by atoms with Gasteiger partial charge in [0.15, 0.2) is 11.3 Å². The van der Waals surface area contributed by atoms with Crippen molar-refractivity contribution in [2.24, 2.45) is 0 Å². The molecular weight excluding hydrogens is 357 g/mol. The maximum atomic E-state index is 8.62. The molecule has 0 fully saturated rings. The number of benzene rings is 2. The van der Waals surface area contributed by atoms with Gasteiger partial charge in [-0.1, -0.05) is 53.2 Å². The molecule has 0 unspecified atom stereocenters. The van der Waals surface area contributed by atoms with Crippen LogP contribution in [0.3, 0.4) is 0 Å². The van der Waals surface area contributed by atoms with Gasteiger partial charge in [0.05, 0.1) is 10.0 Å². The summed E-state index contributed by atoms with van der Waals surface area (Å²) in [6.07, 6.45) is 1.79. The normalized spacial score (nSPS) is 9.91. The predicted octanol–water partition coefficient (Wildman–Crippen LogP) is 4.94. The topological polar surface area (TPSA) is 39.1 Å². The van der Waals surface area contributed by atoms with Gasteiger partial charge in [0, 0.05) is 22.5 Å². The Labute approximate surface area is 148 Å². The van der Waals surface area contributed by atoms with Crippen LogP contribution >= 0.6 is 47.2 Å². The molecule has 0 aliphatic carbocycles. The van der Waals surface area contributed by atoms with Gasteiger partial charge in [0.2, 0.25) is 0 Å². The third-order valence-corrected chi connectivity index (χ3v) is 5.15. The molecule has 0 spiro atoms. The van der Waals surface area contributed by atoms with Gasteiger partial charge in [-0.15, -0.1) is 0 Å². The van der Waals surface area contributed by atoms with E-state index in [1.165, 1.54) is 11.8 Å². The van der Waals surface area contributed by atoms with E-state index < -0.39 is 0 Å². The van der Waals surface area contributed by atoms with Crippen LogP contribution in [0.5, 0.6) is 0 Å². The molecule has 0 aromatic heterocycles. The van der Waals surface area contributed by atoms with E-state index in [1.807, 2.05) is 30.3 Å². The molecule has 2 aromatic carbocycles. The zero-order valence-corrected chi connectivity index (χ0v) is 14.7. The van der Waals surface area contributed by atoms with Crippen molar-refractivity contribution in [2.75, 3.05) is 11.9 Å². The number of nitrogens with one attached hydrogen (secondary N) is 1. The highest BCUT2D eigenvalue weighted by atomic mass is 35.5. The average Bonchev–Trinajstić information content (AvgIpc) is 2.51. The van der Waals surface area contributed by atoms with Crippen molar-refractivity contribution in [2.45, 2.75) is 9.79 Å². The maximum absolute atomic E-state index is 8.62. The SMILES string of the molecule is CN(C(=S)NC#N)c1cc(Cl)c(Sc2ccccc2)c(Cl)c1. The summed E-state index contributed by atoms with van der Waals surface area (Å²) in [5, 5.41) is 12.4. The number of nitrogens with zero attached hydrogens (tertiary/aromatic N) is 2. The van der Waals surface area contributed by atoms with Crippen LogP contribution in [0.25, 0.3) is 0 Å². The Bertz CT molecular complexity index is 706. The van der Waals surface area contributed by atoms with Gasteiger partial charge in [0.1, 0.15) is 0 Å². The first-order valence-electron chi connectivity index (χ1n) is 6.17. The van der Waals surface area contributed by atoms with Gasteiger partial charge in [-0.05, 0) is 36.5 Å². The van der Waals surface area contributed by atoms with Crippen LogP contribution < -0.4 is 10.2 Å². The van der Waals surface area contributed by atoms with E-state index in [4.69, 9.17) is 40.7 Å². The smallest absolute Gasteiger partial charge is 0.186 e. The minimum absolute atomic E-state index is 0.276. The summed E-state index contributed by atoms with van der Waals surface area (Å²) in [4.78, 5) is 3.47. The lowest BCUT2D eigenvalue weighted by molar-refractivity contribution is 1.17. The van der Waals surface area contributed by atoms with Crippen molar-refractivity contribution in [3.8, 4) is 6.19 Å². The van der Waals surface area contributed by atoms with Gasteiger partial charge < -0.3 is 4.90 Å². The molecule has 0 bridgehead atoms. The third-order valence-electron chi connectivity index (χ3n) is 2.80. The van der Waals surface area contributed by atoms with Crippen LogP contribution in [-0.4, -0.2) is 12.2 Å². The summed E-state index contributed by atoms with van der Waals surface area (Å²) in [5.74, 6) is 0. The molecule has 22 heavy (non-hydrogen) atoms. The quantitative estimate of drug-likeness (QED) is 0.472. The average molecular weight is 368 g/mol. The summed E-state index contributed by atoms with van der Waals surface area (Å²) in [7, 11) is 1.73. The lowest BCUT2D eigenvalue weighted by atomic mass is 10.3. The second kappa shape index (κ2) is 7.70. The monoisotopic (exact) mass is 367 g/mol. The van der Waals surface area contributed by atoms with E-state index in [0.717, 1.165) is 9.79 Å². The fourth-order valence-electron chi connectivity index (χ4n) is 1.69. The van der Waals surface area contributed by atoms with Crippen molar-refractivity contribution < 1.29 is 0 Å². The summed E-state index contributed by atoms with van der Waals surface area (Å²) in [5.41, 5.74) is 0.708. The molecule has 0 aliphatic rings. The standard InChI is InChI=1S/C15H11Cl2N3S2/c1-20(15(21)19-9-18)10-7-12(16)14(13(17)8-10)22-11-5-3-2-4-6-11/h2-8H,1H3,(H,19,21). The second-order valence-corrected chi connectivity index (χ2v) is 6.54. The lowest BCUT2D eigenvalue weighted by Crippen LogP contribution is -2.34. The highest BCUT2D eigenvalue weighted by Gasteiger charge is 2.14. The highest BCUT2D eigenvalue weighted by molar-refractivity contribution is 7.99. The second-order valence-electron chi connectivity index (χ2n) is 4.25. The largest absolute Gasteiger partial charge is 0.321 e. The third kappa shape index (κ3) is 4.05. The Morgan fingerprint density at radius 1 is 1.23 bits per heavy atom. The number of thiocarbonyl (C=S) groups is 1. The molecule has 0 amide bonds. The van der Waals surface area contributed by atoms with Gasteiger partial charge in [0.25, 0.3) is 0 Å². The van der Waals surface area contributed by atoms with Crippen molar-refractivity contribution in [3.05, 3.63) is 52.5 Å². The van der Waals surface area contributed by atoms with Crippen LogP contribution in [-0.2, 0) is 0 Å². The molecule has 1 N–H and O–H groups in total. The van der Waals surface area contributed by atoms with Crippen LogP contribution in [0.4, 0.5) is 5.69 Å². The molecule has 0 saturated heterocycles. The molecule has 2 aromatic rings. The van der Waals surface area contributed by atoms with Crippen LogP contribution in [0.1, 0.15) is 0 Å². The van der Waals surface area contributed by atoms with E-state index in [0.29, 0.717) is 15.7 Å². The Morgan fingerprint density at radius 2 is 1.82 bits per heavy atom. The first kappa shape index (κ1) is 16.9. The molecule has 3 nitrogen and oxygen atoms in total. The number of hydrogen-bond donors (Lipinski definition) is 1. The van der Waals surface area contributed by atoms with Gasteiger partial charge in [-0.3, -0.25) is 5.32 Å². The van der Waals surface area contributed by atoms with Crippen LogP contribution in [0.2, 0.25) is 10.0 Å². The number of hydrogen-bond acceptors (Lipinski definition) is 3. The Morgan fingerprint density at radius 3 is 2.36 bits per heavy atom. The van der Waals surface area contributed by atoms with Crippen molar-refractivity contribution >= 4 is 58.0 Å². The van der Waals surface area contributed by atoms with E-state index in [2.05, 4.69) is 5.32 Å². The minimum Gasteiger partial charge on any atom is -0.321 e.